The van der Waals surface area contributed by atoms with Gasteiger partial charge in [0.25, 0.3) is 0 Å². The lowest BCUT2D eigenvalue weighted by Crippen LogP contribution is -2.44. The maximum Gasteiger partial charge on any atom is 0.150 e. The standard InChI is InChI=1S/C20H24N2O/c1-22-13-12-21-14-20(22)18-9-5-8-17(19(18)15-23)11-10-16-6-3-2-4-7-16/h2-9,15,20-21H,10-14H2,1H3. The molecular weight excluding hydrogens is 284 g/mol. The van der Waals surface area contributed by atoms with E-state index in [-0.39, 0.29) is 6.04 Å². The SMILES string of the molecule is CN1CCNCC1c1cccc(CCc2ccccc2)c1C=O. The molecule has 0 radical (unpaired) electrons. The van der Waals surface area contributed by atoms with Crippen LogP contribution < -0.4 is 5.32 Å². The Morgan fingerprint density at radius 2 is 1.96 bits per heavy atom. The van der Waals surface area contributed by atoms with E-state index in [0.717, 1.165) is 55.5 Å². The number of likely N-dealkylation sites (N-methyl/N-ethyl adjacent to an activating group) is 1. The fourth-order valence-electron chi connectivity index (χ4n) is 3.36. The molecule has 3 heteroatoms. The number of rotatable bonds is 5. The van der Waals surface area contributed by atoms with Crippen LogP contribution in [0.25, 0.3) is 0 Å². The van der Waals surface area contributed by atoms with Crippen molar-refractivity contribution in [2.24, 2.45) is 0 Å². The fraction of sp³-hybridized carbons (Fsp3) is 0.350. The minimum absolute atomic E-state index is 0.278. The monoisotopic (exact) mass is 308 g/mol. The molecule has 0 spiro atoms. The quantitative estimate of drug-likeness (QED) is 0.862. The normalized spacial score (nSPS) is 18.7. The van der Waals surface area contributed by atoms with Crippen molar-refractivity contribution in [2.45, 2.75) is 18.9 Å². The number of carbonyl (C=O) groups is 1. The van der Waals surface area contributed by atoms with E-state index in [0.29, 0.717) is 0 Å². The molecule has 0 amide bonds. The minimum Gasteiger partial charge on any atom is -0.314 e. The van der Waals surface area contributed by atoms with Crippen molar-refractivity contribution < 1.29 is 4.79 Å². The number of nitrogens with zero attached hydrogens (tertiary/aromatic N) is 1. The van der Waals surface area contributed by atoms with E-state index in [9.17, 15) is 4.79 Å². The summed E-state index contributed by atoms with van der Waals surface area (Å²) in [7, 11) is 2.14. The smallest absolute Gasteiger partial charge is 0.150 e. The predicted octanol–water partition coefficient (Wildman–Crippen LogP) is 2.86. The van der Waals surface area contributed by atoms with Crippen molar-refractivity contribution in [3.63, 3.8) is 0 Å². The van der Waals surface area contributed by atoms with Gasteiger partial charge in [-0.1, -0.05) is 48.5 Å². The van der Waals surface area contributed by atoms with Gasteiger partial charge in [0.2, 0.25) is 0 Å². The Morgan fingerprint density at radius 3 is 2.70 bits per heavy atom. The molecule has 0 saturated carbocycles. The van der Waals surface area contributed by atoms with E-state index in [4.69, 9.17) is 0 Å². The van der Waals surface area contributed by atoms with Crippen molar-refractivity contribution in [1.29, 1.82) is 0 Å². The first-order valence-electron chi connectivity index (χ1n) is 8.31. The van der Waals surface area contributed by atoms with Gasteiger partial charge >= 0.3 is 0 Å². The zero-order valence-electron chi connectivity index (χ0n) is 13.7. The molecule has 0 bridgehead atoms. The molecule has 2 aromatic rings. The molecule has 1 N–H and O–H groups in total. The molecule has 1 unspecified atom stereocenters. The van der Waals surface area contributed by atoms with E-state index >= 15 is 0 Å². The number of nitrogens with one attached hydrogen (secondary N) is 1. The van der Waals surface area contributed by atoms with Gasteiger partial charge in [0.15, 0.2) is 6.29 Å². The van der Waals surface area contributed by atoms with E-state index < -0.39 is 0 Å². The van der Waals surface area contributed by atoms with E-state index in [2.05, 4.69) is 59.7 Å². The van der Waals surface area contributed by atoms with E-state index in [1.807, 2.05) is 6.07 Å². The highest BCUT2D eigenvalue weighted by Crippen LogP contribution is 2.26. The number of hydrogen-bond donors (Lipinski definition) is 1. The summed E-state index contributed by atoms with van der Waals surface area (Å²) in [5.74, 6) is 0. The van der Waals surface area contributed by atoms with E-state index in [1.165, 1.54) is 5.56 Å². The van der Waals surface area contributed by atoms with Crippen LogP contribution in [0, 0.1) is 0 Å². The first-order chi connectivity index (χ1) is 11.3. The van der Waals surface area contributed by atoms with Gasteiger partial charge in [-0.2, -0.15) is 0 Å². The Morgan fingerprint density at radius 1 is 1.13 bits per heavy atom. The molecule has 1 saturated heterocycles. The van der Waals surface area contributed by atoms with Crippen LogP contribution in [0.2, 0.25) is 0 Å². The molecule has 0 aromatic heterocycles. The third kappa shape index (κ3) is 3.69. The average molecular weight is 308 g/mol. The number of piperazine rings is 1. The van der Waals surface area contributed by atoms with Gasteiger partial charge in [0.05, 0.1) is 0 Å². The number of carbonyl (C=O) groups excluding carboxylic acids is 1. The lowest BCUT2D eigenvalue weighted by molar-refractivity contribution is 0.111. The number of aryl methyl sites for hydroxylation is 2. The van der Waals surface area contributed by atoms with Crippen molar-refractivity contribution in [3.8, 4) is 0 Å². The van der Waals surface area contributed by atoms with Gasteiger partial charge in [-0.15, -0.1) is 0 Å². The van der Waals surface area contributed by atoms with Crippen LogP contribution >= 0.6 is 0 Å². The van der Waals surface area contributed by atoms with Crippen molar-refractivity contribution in [1.82, 2.24) is 10.2 Å². The zero-order valence-corrected chi connectivity index (χ0v) is 13.7. The van der Waals surface area contributed by atoms with Crippen LogP contribution in [0.4, 0.5) is 0 Å². The van der Waals surface area contributed by atoms with Gasteiger partial charge in [-0.3, -0.25) is 9.69 Å². The maximum absolute atomic E-state index is 11.8. The molecule has 0 aliphatic carbocycles. The molecule has 23 heavy (non-hydrogen) atoms. The van der Waals surface area contributed by atoms with Gasteiger partial charge < -0.3 is 5.32 Å². The second-order valence-corrected chi connectivity index (χ2v) is 6.22. The largest absolute Gasteiger partial charge is 0.314 e. The van der Waals surface area contributed by atoms with Crippen LogP contribution in [0.3, 0.4) is 0 Å². The molecule has 3 nitrogen and oxygen atoms in total. The highest BCUT2D eigenvalue weighted by atomic mass is 16.1. The van der Waals surface area contributed by atoms with Gasteiger partial charge in [-0.25, -0.2) is 0 Å². The third-order valence-electron chi connectivity index (χ3n) is 4.74. The zero-order chi connectivity index (χ0) is 16.1. The Labute approximate surface area is 138 Å². The number of benzene rings is 2. The Kier molecular flexibility index (Phi) is 5.21. The van der Waals surface area contributed by atoms with E-state index in [1.54, 1.807) is 0 Å². The molecule has 1 fully saturated rings. The summed E-state index contributed by atoms with van der Waals surface area (Å²) in [6.07, 6.45) is 2.90. The Balaban J connectivity index is 1.83. The second-order valence-electron chi connectivity index (χ2n) is 6.22. The fourth-order valence-corrected chi connectivity index (χ4v) is 3.36. The lowest BCUT2D eigenvalue weighted by atomic mass is 9.92. The average Bonchev–Trinajstić information content (AvgIpc) is 2.61. The van der Waals surface area contributed by atoms with Crippen molar-refractivity contribution >= 4 is 6.29 Å². The molecule has 1 aliphatic heterocycles. The summed E-state index contributed by atoms with van der Waals surface area (Å²) >= 11 is 0. The van der Waals surface area contributed by atoms with Crippen LogP contribution in [0.15, 0.2) is 48.5 Å². The van der Waals surface area contributed by atoms with Gasteiger partial charge in [0, 0.05) is 31.2 Å². The molecule has 3 rings (SSSR count). The molecule has 1 atom stereocenters. The minimum atomic E-state index is 0.278. The Hall–Kier alpha value is -1.97. The van der Waals surface area contributed by atoms with Gasteiger partial charge in [0.1, 0.15) is 0 Å². The van der Waals surface area contributed by atoms with Crippen molar-refractivity contribution in [2.75, 3.05) is 26.7 Å². The number of hydrogen-bond acceptors (Lipinski definition) is 3. The highest BCUT2D eigenvalue weighted by molar-refractivity contribution is 5.80. The predicted molar refractivity (Wildman–Crippen MR) is 93.9 cm³/mol. The molecule has 1 aliphatic rings. The topological polar surface area (TPSA) is 32.3 Å². The van der Waals surface area contributed by atoms with Crippen LogP contribution in [0.5, 0.6) is 0 Å². The Bertz CT molecular complexity index is 654. The molecule has 1 heterocycles. The summed E-state index contributed by atoms with van der Waals surface area (Å²) < 4.78 is 0. The molecular formula is C20H24N2O. The summed E-state index contributed by atoms with van der Waals surface area (Å²) in [6, 6.07) is 17.0. The van der Waals surface area contributed by atoms with Gasteiger partial charge in [-0.05, 0) is 36.6 Å². The molecule has 2 aromatic carbocycles. The third-order valence-corrected chi connectivity index (χ3v) is 4.74. The second kappa shape index (κ2) is 7.53. The summed E-state index contributed by atoms with van der Waals surface area (Å²) in [4.78, 5) is 14.1. The maximum atomic E-state index is 11.8. The lowest BCUT2D eigenvalue weighted by Gasteiger charge is -2.34. The molecule has 120 valence electrons. The summed E-state index contributed by atoms with van der Waals surface area (Å²) in [5.41, 5.74) is 4.50. The van der Waals surface area contributed by atoms with Crippen LogP contribution in [-0.4, -0.2) is 37.9 Å². The van der Waals surface area contributed by atoms with Crippen LogP contribution in [-0.2, 0) is 12.8 Å². The van der Waals surface area contributed by atoms with Crippen LogP contribution in [0.1, 0.15) is 33.1 Å². The van der Waals surface area contributed by atoms with Crippen molar-refractivity contribution in [3.05, 3.63) is 70.8 Å². The summed E-state index contributed by atoms with van der Waals surface area (Å²) in [6.45, 7) is 2.92. The first kappa shape index (κ1) is 15.9. The first-order valence-corrected chi connectivity index (χ1v) is 8.31. The number of aldehydes is 1. The highest BCUT2D eigenvalue weighted by Gasteiger charge is 2.23. The summed E-state index contributed by atoms with van der Waals surface area (Å²) in [5, 5.41) is 3.43.